The maximum Gasteiger partial charge on any atom is 0.435 e. The summed E-state index contributed by atoms with van der Waals surface area (Å²) in [6.45, 7) is 0.0744. The van der Waals surface area contributed by atoms with Gasteiger partial charge in [-0.25, -0.2) is 13.6 Å². The predicted octanol–water partition coefficient (Wildman–Crippen LogP) is 7.48. The Morgan fingerprint density at radius 1 is 1.00 bits per heavy atom. The Balaban J connectivity index is 1.59. The number of urea groups is 1. The summed E-state index contributed by atoms with van der Waals surface area (Å²) < 4.78 is 110. The number of hydrogen-bond donors (Lipinski definition) is 2. The Morgan fingerprint density at radius 2 is 1.73 bits per heavy atom. The predicted molar refractivity (Wildman–Crippen MR) is 146 cm³/mol. The number of alkyl halides is 6. The molecule has 0 bridgehead atoms. The second-order valence-electron chi connectivity index (χ2n) is 10.4. The third kappa shape index (κ3) is 5.34. The Bertz CT molecular complexity index is 1900. The lowest BCUT2D eigenvalue weighted by atomic mass is 9.88. The van der Waals surface area contributed by atoms with Crippen LogP contribution in [-0.4, -0.2) is 28.3 Å². The van der Waals surface area contributed by atoms with Gasteiger partial charge in [0.15, 0.2) is 5.69 Å². The molecule has 16 heteroatoms. The molecule has 1 atom stereocenters. The molecular formula is C29H18ClF8N5O2. The maximum absolute atomic E-state index is 14.4. The summed E-state index contributed by atoms with van der Waals surface area (Å²) in [5.41, 5.74) is -2.66. The smallest absolute Gasteiger partial charge is 0.327 e. The summed E-state index contributed by atoms with van der Waals surface area (Å²) in [4.78, 5) is 27.9. The zero-order chi connectivity index (χ0) is 32.6. The number of carbonyl (C=O) groups excluding carboxylic acids is 2. The second kappa shape index (κ2) is 10.5. The van der Waals surface area contributed by atoms with Gasteiger partial charge in [0.05, 0.1) is 23.0 Å². The van der Waals surface area contributed by atoms with Crippen LogP contribution in [0, 0.1) is 11.6 Å². The SMILES string of the molecule is Cn1nc(C(F)(F)F)cc1-c1cc(NC(=O)c2cc(F)cc(C(F)(F)F)c2)c2c3c1CCN3C(=O)NC2c1cc(F)ccc1Cl. The molecule has 45 heavy (non-hydrogen) atoms. The highest BCUT2D eigenvalue weighted by Crippen LogP contribution is 2.50. The van der Waals surface area contributed by atoms with Crippen LogP contribution >= 0.6 is 11.6 Å². The van der Waals surface area contributed by atoms with Crippen LogP contribution in [0.25, 0.3) is 11.3 Å². The van der Waals surface area contributed by atoms with Gasteiger partial charge in [-0.15, -0.1) is 0 Å². The highest BCUT2D eigenvalue weighted by molar-refractivity contribution is 6.31. The van der Waals surface area contributed by atoms with Crippen LogP contribution in [0.1, 0.15) is 44.3 Å². The van der Waals surface area contributed by atoms with E-state index in [1.54, 1.807) is 0 Å². The third-order valence-corrected chi connectivity index (χ3v) is 7.90. The molecule has 2 aliphatic heterocycles. The molecule has 0 radical (unpaired) electrons. The van der Waals surface area contributed by atoms with E-state index in [0.717, 1.165) is 22.9 Å². The van der Waals surface area contributed by atoms with Crippen molar-refractivity contribution in [2.75, 3.05) is 16.8 Å². The van der Waals surface area contributed by atoms with Gasteiger partial charge in [-0.1, -0.05) is 11.6 Å². The number of carbonyl (C=O) groups is 2. The van der Waals surface area contributed by atoms with Crippen molar-refractivity contribution in [3.05, 3.63) is 98.7 Å². The summed E-state index contributed by atoms with van der Waals surface area (Å²) in [6, 6.07) is 4.77. The molecule has 234 valence electrons. The Kier molecular flexibility index (Phi) is 7.06. The highest BCUT2D eigenvalue weighted by atomic mass is 35.5. The quantitative estimate of drug-likeness (QED) is 0.224. The summed E-state index contributed by atoms with van der Waals surface area (Å²) in [5, 5.41) is 8.69. The lowest BCUT2D eigenvalue weighted by Gasteiger charge is -2.35. The largest absolute Gasteiger partial charge is 0.435 e. The number of halogens is 9. The lowest BCUT2D eigenvalue weighted by Crippen LogP contribution is -2.46. The van der Waals surface area contributed by atoms with Gasteiger partial charge in [-0.2, -0.15) is 31.4 Å². The van der Waals surface area contributed by atoms with E-state index in [2.05, 4.69) is 15.7 Å². The molecule has 1 aromatic heterocycles. The van der Waals surface area contributed by atoms with Gasteiger partial charge in [0.1, 0.15) is 11.6 Å². The van der Waals surface area contributed by atoms with Crippen molar-refractivity contribution in [1.29, 1.82) is 0 Å². The number of aryl methyl sites for hydroxylation is 1. The van der Waals surface area contributed by atoms with Crippen molar-refractivity contribution in [3.63, 3.8) is 0 Å². The molecule has 2 aliphatic rings. The van der Waals surface area contributed by atoms with Crippen LogP contribution < -0.4 is 15.5 Å². The van der Waals surface area contributed by atoms with Crippen molar-refractivity contribution in [2.45, 2.75) is 24.8 Å². The molecule has 3 heterocycles. The Morgan fingerprint density at radius 3 is 2.40 bits per heavy atom. The van der Waals surface area contributed by atoms with Crippen LogP contribution in [0.3, 0.4) is 0 Å². The van der Waals surface area contributed by atoms with Crippen LogP contribution in [0.15, 0.2) is 48.5 Å². The van der Waals surface area contributed by atoms with E-state index in [4.69, 9.17) is 11.6 Å². The molecule has 7 nitrogen and oxygen atoms in total. The van der Waals surface area contributed by atoms with Crippen LogP contribution in [0.2, 0.25) is 5.02 Å². The van der Waals surface area contributed by atoms with E-state index in [9.17, 15) is 44.7 Å². The fraction of sp³-hybridized carbons (Fsp3) is 0.207. The molecular weight excluding hydrogens is 638 g/mol. The first kappa shape index (κ1) is 30.4. The van der Waals surface area contributed by atoms with Crippen LogP contribution in [0.5, 0.6) is 0 Å². The molecule has 0 aliphatic carbocycles. The zero-order valence-corrected chi connectivity index (χ0v) is 23.4. The first-order valence-electron chi connectivity index (χ1n) is 13.1. The first-order chi connectivity index (χ1) is 21.0. The number of anilines is 2. The van der Waals surface area contributed by atoms with E-state index in [1.165, 1.54) is 24.1 Å². The summed E-state index contributed by atoms with van der Waals surface area (Å²) in [7, 11) is 1.26. The molecule has 4 aromatic rings. The van der Waals surface area contributed by atoms with E-state index >= 15 is 0 Å². The number of nitrogens with one attached hydrogen (secondary N) is 2. The van der Waals surface area contributed by atoms with E-state index < -0.39 is 58.8 Å². The van der Waals surface area contributed by atoms with Crippen molar-refractivity contribution in [1.82, 2.24) is 15.1 Å². The number of hydrogen-bond acceptors (Lipinski definition) is 3. The van der Waals surface area contributed by atoms with E-state index in [1.807, 2.05) is 0 Å². The standard InChI is InChI=1S/C29H18ClF8N5O2/c1-42-21(11-22(41-42)29(36,37)38)17-10-20(39-26(44)12-6-13(28(33,34)35)8-15(32)7-12)23-24(18-9-14(31)2-3-19(18)30)40-27(45)43-5-4-16(17)25(23)43/h2-3,6-11,24H,4-5H2,1H3,(H,39,44)(H,40,45). The molecule has 0 fully saturated rings. The van der Waals surface area contributed by atoms with Gasteiger partial charge in [-0.3, -0.25) is 14.4 Å². The number of amides is 3. The van der Waals surface area contributed by atoms with Crippen LogP contribution in [-0.2, 0) is 25.8 Å². The number of benzene rings is 3. The summed E-state index contributed by atoms with van der Waals surface area (Å²) >= 11 is 6.38. The molecule has 1 unspecified atom stereocenters. The fourth-order valence-corrected chi connectivity index (χ4v) is 5.86. The van der Waals surface area contributed by atoms with Gasteiger partial charge in [0.2, 0.25) is 0 Å². The minimum Gasteiger partial charge on any atom is -0.327 e. The fourth-order valence-electron chi connectivity index (χ4n) is 5.63. The Hall–Kier alpha value is -4.66. The topological polar surface area (TPSA) is 79.3 Å². The number of rotatable bonds is 4. The van der Waals surface area contributed by atoms with Crippen molar-refractivity contribution < 1.29 is 44.7 Å². The van der Waals surface area contributed by atoms with Gasteiger partial charge in [0, 0.05) is 46.6 Å². The molecule has 2 N–H and O–H groups in total. The molecule has 3 aromatic carbocycles. The summed E-state index contributed by atoms with van der Waals surface area (Å²) in [5.74, 6) is -3.27. The average molecular weight is 656 g/mol. The van der Waals surface area contributed by atoms with Crippen LogP contribution in [0.4, 0.5) is 51.3 Å². The van der Waals surface area contributed by atoms with E-state index in [-0.39, 0.29) is 57.8 Å². The summed E-state index contributed by atoms with van der Waals surface area (Å²) in [6.07, 6.45) is -9.63. The molecule has 6 rings (SSSR count). The second-order valence-corrected chi connectivity index (χ2v) is 10.8. The average Bonchev–Trinajstić information content (AvgIpc) is 3.57. The van der Waals surface area contributed by atoms with Crippen molar-refractivity contribution in [3.8, 4) is 11.3 Å². The third-order valence-electron chi connectivity index (χ3n) is 7.55. The zero-order valence-electron chi connectivity index (χ0n) is 22.7. The molecule has 3 amide bonds. The Labute approximate surface area is 253 Å². The number of nitrogens with zero attached hydrogens (tertiary/aromatic N) is 3. The highest BCUT2D eigenvalue weighted by Gasteiger charge is 2.42. The number of aromatic nitrogens is 2. The minimum atomic E-state index is -4.98. The van der Waals surface area contributed by atoms with Gasteiger partial charge in [0.25, 0.3) is 5.91 Å². The van der Waals surface area contributed by atoms with Gasteiger partial charge in [-0.05, 0) is 60.5 Å². The van der Waals surface area contributed by atoms with Gasteiger partial charge < -0.3 is 10.6 Å². The molecule has 0 spiro atoms. The minimum absolute atomic E-state index is 0.0182. The monoisotopic (exact) mass is 655 g/mol. The van der Waals surface area contributed by atoms with E-state index in [0.29, 0.717) is 17.7 Å². The maximum atomic E-state index is 14.4. The first-order valence-corrected chi connectivity index (χ1v) is 13.4. The normalized spacial score (nSPS) is 16.1. The lowest BCUT2D eigenvalue weighted by molar-refractivity contribution is -0.141. The molecule has 0 saturated heterocycles. The van der Waals surface area contributed by atoms with Crippen molar-refractivity contribution in [2.24, 2.45) is 7.05 Å². The molecule has 0 saturated carbocycles. The van der Waals surface area contributed by atoms with Crippen molar-refractivity contribution >= 4 is 34.9 Å². The van der Waals surface area contributed by atoms with Gasteiger partial charge >= 0.3 is 18.4 Å².